The maximum Gasteiger partial charge on any atom is 0.352 e. The molecule has 0 aliphatic carbocycles. The van der Waals surface area contributed by atoms with Gasteiger partial charge in [-0.05, 0) is 37.1 Å². The number of amides is 2. The summed E-state index contributed by atoms with van der Waals surface area (Å²) in [6.45, 7) is 3.20. The number of ether oxygens (including phenoxy) is 1. The Morgan fingerprint density at radius 2 is 1.92 bits per heavy atom. The highest BCUT2D eigenvalue weighted by Gasteiger charge is 2.25. The molecule has 0 radical (unpaired) electrons. The monoisotopic (exact) mass is 492 g/mol. The Bertz CT molecular complexity index is 1180. The second-order valence-corrected chi connectivity index (χ2v) is 8.53. The summed E-state index contributed by atoms with van der Waals surface area (Å²) in [4.78, 5) is 37.7. The first kappa shape index (κ1) is 26.2. The van der Waals surface area contributed by atoms with Crippen LogP contribution in [0, 0.1) is 17.2 Å². The smallest absolute Gasteiger partial charge is 0.352 e. The van der Waals surface area contributed by atoms with Crippen molar-refractivity contribution in [1.29, 1.82) is 5.26 Å². The first-order valence-corrected chi connectivity index (χ1v) is 11.6. The van der Waals surface area contributed by atoms with E-state index in [4.69, 9.17) is 4.74 Å². The minimum Gasteiger partial charge on any atom is -0.491 e. The number of benzene rings is 1. The SMILES string of the molecule is CC(=O)NC(=Cc1ccc(C#N)cc1OCCNC(=O)C1CCN(c2cc[n+](C)cc2)CC1)C(=O)O. The zero-order chi connectivity index (χ0) is 26.1. The summed E-state index contributed by atoms with van der Waals surface area (Å²) in [5.41, 5.74) is 1.55. The fraction of sp³-hybridized carbons (Fsp3) is 0.346. The molecule has 2 amide bonds. The summed E-state index contributed by atoms with van der Waals surface area (Å²) in [7, 11) is 1.97. The second-order valence-electron chi connectivity index (χ2n) is 8.53. The highest BCUT2D eigenvalue weighted by atomic mass is 16.5. The molecule has 1 saturated heterocycles. The van der Waals surface area contributed by atoms with Gasteiger partial charge in [0.25, 0.3) is 0 Å². The Balaban J connectivity index is 1.53. The predicted octanol–water partition coefficient (Wildman–Crippen LogP) is 1.36. The van der Waals surface area contributed by atoms with Gasteiger partial charge in [-0.15, -0.1) is 0 Å². The van der Waals surface area contributed by atoms with Crippen LogP contribution in [0.1, 0.15) is 30.9 Å². The molecule has 3 rings (SSSR count). The molecule has 3 N–H and O–H groups in total. The molecule has 1 fully saturated rings. The fourth-order valence-corrected chi connectivity index (χ4v) is 3.93. The number of piperidine rings is 1. The van der Waals surface area contributed by atoms with Crippen LogP contribution in [0.3, 0.4) is 0 Å². The van der Waals surface area contributed by atoms with E-state index in [1.807, 2.05) is 30.1 Å². The molecular weight excluding hydrogens is 462 g/mol. The van der Waals surface area contributed by atoms with Gasteiger partial charge in [-0.2, -0.15) is 5.26 Å². The molecule has 0 spiro atoms. The van der Waals surface area contributed by atoms with Gasteiger partial charge < -0.3 is 25.4 Å². The number of carbonyl (C=O) groups excluding carboxylic acids is 2. The lowest BCUT2D eigenvalue weighted by atomic mass is 9.95. The molecule has 1 aliphatic rings. The Morgan fingerprint density at radius 3 is 2.53 bits per heavy atom. The van der Waals surface area contributed by atoms with Gasteiger partial charge >= 0.3 is 5.97 Å². The summed E-state index contributed by atoms with van der Waals surface area (Å²) in [6, 6.07) is 10.7. The van der Waals surface area contributed by atoms with Gasteiger partial charge in [-0.1, -0.05) is 0 Å². The van der Waals surface area contributed by atoms with E-state index in [0.29, 0.717) is 11.1 Å². The number of rotatable bonds is 9. The number of carboxylic acid groups (broad SMARTS) is 1. The van der Waals surface area contributed by atoms with Gasteiger partial charge in [0.05, 0.1) is 18.2 Å². The van der Waals surface area contributed by atoms with Crippen LogP contribution < -0.4 is 24.8 Å². The standard InChI is InChI=1S/C26H29N5O5/c1-18(32)29-23(26(34)35)16-21-4-3-19(17-27)15-24(21)36-14-9-28-25(33)20-5-12-31(13-6-20)22-7-10-30(2)11-8-22/h3-4,7-8,10-11,15-16,20H,5-6,9,12-14H2,1-2H3,(H2-,28,29,32,33,34,35)/p+1. The van der Waals surface area contributed by atoms with Crippen molar-refractivity contribution in [1.82, 2.24) is 10.6 Å². The Hall–Kier alpha value is -4.39. The second kappa shape index (κ2) is 12.4. The van der Waals surface area contributed by atoms with Crippen molar-refractivity contribution in [2.45, 2.75) is 19.8 Å². The van der Waals surface area contributed by atoms with Crippen molar-refractivity contribution < 1.29 is 28.8 Å². The zero-order valence-electron chi connectivity index (χ0n) is 20.4. The van der Waals surface area contributed by atoms with Crippen molar-refractivity contribution in [2.75, 3.05) is 31.1 Å². The maximum atomic E-state index is 12.6. The van der Waals surface area contributed by atoms with E-state index in [9.17, 15) is 24.8 Å². The third-order valence-corrected chi connectivity index (χ3v) is 5.83. The molecule has 0 saturated carbocycles. The van der Waals surface area contributed by atoms with Gasteiger partial charge in [0, 0.05) is 49.3 Å². The summed E-state index contributed by atoms with van der Waals surface area (Å²) in [5.74, 6) is -1.65. The molecule has 10 heteroatoms. The Morgan fingerprint density at radius 1 is 1.22 bits per heavy atom. The maximum absolute atomic E-state index is 12.6. The third kappa shape index (κ3) is 7.30. The Kier molecular flexibility index (Phi) is 9.00. The first-order chi connectivity index (χ1) is 17.3. The zero-order valence-corrected chi connectivity index (χ0v) is 20.4. The van der Waals surface area contributed by atoms with Crippen LogP contribution in [0.15, 0.2) is 48.4 Å². The van der Waals surface area contributed by atoms with Crippen LogP contribution in [0.5, 0.6) is 5.75 Å². The Labute approximate surface area is 209 Å². The van der Waals surface area contributed by atoms with E-state index in [2.05, 4.69) is 27.7 Å². The van der Waals surface area contributed by atoms with Gasteiger partial charge in [-0.3, -0.25) is 9.59 Å². The first-order valence-electron chi connectivity index (χ1n) is 11.6. The van der Waals surface area contributed by atoms with Gasteiger partial charge in [-0.25, -0.2) is 9.36 Å². The van der Waals surface area contributed by atoms with E-state index in [0.717, 1.165) is 31.6 Å². The lowest BCUT2D eigenvalue weighted by Crippen LogP contribution is -2.41. The molecule has 2 aromatic rings. The lowest BCUT2D eigenvalue weighted by molar-refractivity contribution is -0.671. The third-order valence-electron chi connectivity index (χ3n) is 5.83. The average Bonchev–Trinajstić information content (AvgIpc) is 2.87. The number of pyridine rings is 1. The van der Waals surface area contributed by atoms with Crippen molar-refractivity contribution in [2.24, 2.45) is 13.0 Å². The largest absolute Gasteiger partial charge is 0.491 e. The molecule has 1 aliphatic heterocycles. The van der Waals surface area contributed by atoms with Gasteiger partial charge in [0.2, 0.25) is 11.8 Å². The van der Waals surface area contributed by atoms with E-state index in [1.165, 1.54) is 31.2 Å². The van der Waals surface area contributed by atoms with Crippen LogP contribution in [-0.4, -0.2) is 49.1 Å². The number of nitriles is 1. The van der Waals surface area contributed by atoms with Crippen LogP contribution in [0.25, 0.3) is 6.08 Å². The van der Waals surface area contributed by atoms with Crippen molar-refractivity contribution in [3.05, 3.63) is 59.5 Å². The number of carboxylic acids is 1. The van der Waals surface area contributed by atoms with E-state index in [1.54, 1.807) is 0 Å². The van der Waals surface area contributed by atoms with Crippen LogP contribution in [-0.2, 0) is 21.4 Å². The van der Waals surface area contributed by atoms with Crippen LogP contribution in [0.2, 0.25) is 0 Å². The molecule has 0 unspecified atom stereocenters. The number of aliphatic carboxylic acids is 1. The molecule has 1 aromatic heterocycles. The highest BCUT2D eigenvalue weighted by Crippen LogP contribution is 2.24. The number of hydrogen-bond acceptors (Lipinski definition) is 6. The molecule has 2 heterocycles. The predicted molar refractivity (Wildman–Crippen MR) is 132 cm³/mol. The minimum atomic E-state index is -1.31. The topological polar surface area (TPSA) is 136 Å². The van der Waals surface area contributed by atoms with Crippen molar-refractivity contribution in [3.8, 4) is 11.8 Å². The summed E-state index contributed by atoms with van der Waals surface area (Å²) in [6.07, 6.45) is 6.79. The van der Waals surface area contributed by atoms with Crippen molar-refractivity contribution in [3.63, 3.8) is 0 Å². The number of hydrogen-bond donors (Lipinski definition) is 3. The average molecular weight is 493 g/mol. The van der Waals surface area contributed by atoms with Crippen LogP contribution in [0.4, 0.5) is 5.69 Å². The minimum absolute atomic E-state index is 0.0255. The number of aryl methyl sites for hydroxylation is 1. The molecule has 1 aromatic carbocycles. The number of anilines is 1. The molecule has 188 valence electrons. The van der Waals surface area contributed by atoms with E-state index >= 15 is 0 Å². The van der Waals surface area contributed by atoms with Gasteiger partial charge in [0.1, 0.15) is 25.1 Å². The van der Waals surface area contributed by atoms with Crippen LogP contribution >= 0.6 is 0 Å². The normalized spacial score (nSPS) is 14.0. The quantitative estimate of drug-likeness (QED) is 0.273. The number of carbonyl (C=O) groups is 3. The fourth-order valence-electron chi connectivity index (χ4n) is 3.93. The number of aromatic nitrogens is 1. The molecule has 0 atom stereocenters. The molecule has 10 nitrogen and oxygen atoms in total. The summed E-state index contributed by atoms with van der Waals surface area (Å²) >= 11 is 0. The van der Waals surface area contributed by atoms with E-state index < -0.39 is 11.9 Å². The summed E-state index contributed by atoms with van der Waals surface area (Å²) < 4.78 is 7.74. The molecular formula is C26H30N5O5+. The molecule has 0 bridgehead atoms. The lowest BCUT2D eigenvalue weighted by Gasteiger charge is -2.32. The number of nitrogens with zero attached hydrogens (tertiary/aromatic N) is 3. The van der Waals surface area contributed by atoms with Crippen molar-refractivity contribution >= 4 is 29.5 Å². The van der Waals surface area contributed by atoms with Gasteiger partial charge in [0.15, 0.2) is 12.4 Å². The summed E-state index contributed by atoms with van der Waals surface area (Å²) in [5, 5.41) is 23.7. The number of nitrogens with one attached hydrogen (secondary N) is 2. The highest BCUT2D eigenvalue weighted by molar-refractivity contribution is 5.96. The molecule has 36 heavy (non-hydrogen) atoms. The van der Waals surface area contributed by atoms with E-state index in [-0.39, 0.29) is 36.4 Å².